The van der Waals surface area contributed by atoms with Crippen molar-refractivity contribution in [3.63, 3.8) is 0 Å². The Morgan fingerprint density at radius 1 is 1.05 bits per heavy atom. The van der Waals surface area contributed by atoms with Gasteiger partial charge >= 0.3 is 6.03 Å². The van der Waals surface area contributed by atoms with Gasteiger partial charge in [-0.2, -0.15) is 0 Å². The molecule has 0 radical (unpaired) electrons. The standard InChI is InChI=1S/C17H19ClN2O2/c18-15-9-7-14(8-10-15)16(13-5-2-1-3-6-13)20-17(22)19-11-4-12-21/h1-3,5-10,16,21H,4,11-12H2,(H2,19,20,22). The van der Waals surface area contributed by atoms with Crippen LogP contribution in [0.25, 0.3) is 0 Å². The number of urea groups is 1. The van der Waals surface area contributed by atoms with Crippen molar-refractivity contribution in [1.82, 2.24) is 10.6 Å². The predicted octanol–water partition coefficient (Wildman–Crippen LogP) is 3.11. The summed E-state index contributed by atoms with van der Waals surface area (Å²) < 4.78 is 0. The molecule has 1 atom stereocenters. The van der Waals surface area contributed by atoms with Gasteiger partial charge in [0.25, 0.3) is 0 Å². The van der Waals surface area contributed by atoms with Crippen LogP contribution in [-0.2, 0) is 0 Å². The van der Waals surface area contributed by atoms with Gasteiger partial charge in [0, 0.05) is 18.2 Å². The van der Waals surface area contributed by atoms with Gasteiger partial charge in [-0.3, -0.25) is 0 Å². The van der Waals surface area contributed by atoms with Crippen LogP contribution in [0.1, 0.15) is 23.6 Å². The van der Waals surface area contributed by atoms with E-state index in [0.29, 0.717) is 18.0 Å². The maximum Gasteiger partial charge on any atom is 0.315 e. The molecule has 2 amide bonds. The molecule has 5 heteroatoms. The van der Waals surface area contributed by atoms with Crippen LogP contribution in [-0.4, -0.2) is 24.3 Å². The normalized spacial score (nSPS) is 11.7. The summed E-state index contributed by atoms with van der Waals surface area (Å²) in [4.78, 5) is 12.0. The third-order valence-electron chi connectivity index (χ3n) is 3.23. The first-order valence-corrected chi connectivity index (χ1v) is 7.54. The first-order valence-electron chi connectivity index (χ1n) is 7.16. The van der Waals surface area contributed by atoms with Gasteiger partial charge in [0.2, 0.25) is 0 Å². The summed E-state index contributed by atoms with van der Waals surface area (Å²) in [5.74, 6) is 0. The van der Waals surface area contributed by atoms with E-state index in [2.05, 4.69) is 10.6 Å². The van der Waals surface area contributed by atoms with Crippen molar-refractivity contribution in [2.45, 2.75) is 12.5 Å². The molecule has 2 aromatic rings. The molecule has 0 spiro atoms. The summed E-state index contributed by atoms with van der Waals surface area (Å²) in [6.45, 7) is 0.490. The number of hydrogen-bond acceptors (Lipinski definition) is 2. The Hall–Kier alpha value is -2.04. The molecule has 2 aromatic carbocycles. The molecular weight excluding hydrogens is 300 g/mol. The third kappa shape index (κ3) is 4.76. The van der Waals surface area contributed by atoms with Crippen molar-refractivity contribution < 1.29 is 9.90 Å². The zero-order valence-electron chi connectivity index (χ0n) is 12.1. The van der Waals surface area contributed by atoms with Crippen LogP contribution in [0.2, 0.25) is 5.02 Å². The van der Waals surface area contributed by atoms with E-state index < -0.39 is 0 Å². The molecule has 0 bridgehead atoms. The second kappa shape index (κ2) is 8.41. The quantitative estimate of drug-likeness (QED) is 0.717. The van der Waals surface area contributed by atoms with Gasteiger partial charge in [-0.05, 0) is 29.7 Å². The van der Waals surface area contributed by atoms with Crippen LogP contribution in [0.15, 0.2) is 54.6 Å². The van der Waals surface area contributed by atoms with Crippen molar-refractivity contribution in [1.29, 1.82) is 0 Å². The number of nitrogens with one attached hydrogen (secondary N) is 2. The molecule has 0 saturated carbocycles. The lowest BCUT2D eigenvalue weighted by atomic mass is 9.99. The van der Waals surface area contributed by atoms with Gasteiger partial charge < -0.3 is 15.7 Å². The van der Waals surface area contributed by atoms with Crippen LogP contribution in [0.4, 0.5) is 4.79 Å². The minimum atomic E-state index is -0.266. The minimum Gasteiger partial charge on any atom is -0.396 e. The number of amides is 2. The maximum atomic E-state index is 12.0. The summed E-state index contributed by atoms with van der Waals surface area (Å²) >= 11 is 5.93. The lowest BCUT2D eigenvalue weighted by Crippen LogP contribution is -2.39. The van der Waals surface area contributed by atoms with Crippen molar-refractivity contribution in [3.8, 4) is 0 Å². The average Bonchev–Trinajstić information content (AvgIpc) is 2.55. The van der Waals surface area contributed by atoms with Crippen LogP contribution in [0.5, 0.6) is 0 Å². The van der Waals surface area contributed by atoms with Crippen molar-refractivity contribution in [2.75, 3.05) is 13.2 Å². The third-order valence-corrected chi connectivity index (χ3v) is 3.48. The van der Waals surface area contributed by atoms with Gasteiger partial charge in [0.15, 0.2) is 0 Å². The Balaban J connectivity index is 2.15. The Morgan fingerprint density at radius 2 is 1.68 bits per heavy atom. The fraction of sp³-hybridized carbons (Fsp3) is 0.235. The summed E-state index contributed by atoms with van der Waals surface area (Å²) in [5, 5.41) is 15.1. The van der Waals surface area contributed by atoms with Gasteiger partial charge in [-0.25, -0.2) is 4.79 Å². The smallest absolute Gasteiger partial charge is 0.315 e. The van der Waals surface area contributed by atoms with Crippen LogP contribution in [0.3, 0.4) is 0 Å². The topological polar surface area (TPSA) is 61.4 Å². The average molecular weight is 319 g/mol. The van der Waals surface area contributed by atoms with E-state index in [0.717, 1.165) is 11.1 Å². The summed E-state index contributed by atoms with van der Waals surface area (Å²) in [6, 6.07) is 16.6. The second-order valence-corrected chi connectivity index (χ2v) is 5.31. The molecule has 0 aliphatic carbocycles. The molecule has 0 fully saturated rings. The highest BCUT2D eigenvalue weighted by atomic mass is 35.5. The predicted molar refractivity (Wildman–Crippen MR) is 88.0 cm³/mol. The van der Waals surface area contributed by atoms with Gasteiger partial charge in [0.05, 0.1) is 6.04 Å². The lowest BCUT2D eigenvalue weighted by Gasteiger charge is -2.20. The number of benzene rings is 2. The summed E-state index contributed by atoms with van der Waals surface area (Å²) in [5.41, 5.74) is 1.94. The first-order chi connectivity index (χ1) is 10.7. The molecule has 0 aliphatic rings. The molecule has 0 aliphatic heterocycles. The van der Waals surface area contributed by atoms with Crippen molar-refractivity contribution >= 4 is 17.6 Å². The number of halogens is 1. The molecule has 1 unspecified atom stereocenters. The Morgan fingerprint density at radius 3 is 2.32 bits per heavy atom. The zero-order valence-corrected chi connectivity index (χ0v) is 12.9. The summed E-state index contributed by atoms with van der Waals surface area (Å²) in [6.07, 6.45) is 0.532. The van der Waals surface area contributed by atoms with Gasteiger partial charge in [-0.15, -0.1) is 0 Å². The number of carbonyl (C=O) groups is 1. The highest BCUT2D eigenvalue weighted by Gasteiger charge is 2.16. The Labute approximate surface area is 135 Å². The maximum absolute atomic E-state index is 12.0. The van der Waals surface area contributed by atoms with Gasteiger partial charge in [-0.1, -0.05) is 54.1 Å². The molecule has 22 heavy (non-hydrogen) atoms. The van der Waals surface area contributed by atoms with Crippen LogP contribution >= 0.6 is 11.6 Å². The lowest BCUT2D eigenvalue weighted by molar-refractivity contribution is 0.236. The fourth-order valence-electron chi connectivity index (χ4n) is 2.12. The van der Waals surface area contributed by atoms with E-state index in [1.54, 1.807) is 12.1 Å². The molecular formula is C17H19ClN2O2. The molecule has 0 aromatic heterocycles. The molecule has 4 nitrogen and oxygen atoms in total. The van der Waals surface area contributed by atoms with Crippen molar-refractivity contribution in [3.05, 3.63) is 70.7 Å². The number of rotatable bonds is 6. The zero-order chi connectivity index (χ0) is 15.8. The highest BCUT2D eigenvalue weighted by molar-refractivity contribution is 6.30. The van der Waals surface area contributed by atoms with Crippen LogP contribution in [0, 0.1) is 0 Å². The molecule has 3 N–H and O–H groups in total. The van der Waals surface area contributed by atoms with E-state index in [-0.39, 0.29) is 18.7 Å². The van der Waals surface area contributed by atoms with E-state index >= 15 is 0 Å². The van der Waals surface area contributed by atoms with E-state index in [4.69, 9.17) is 16.7 Å². The fourth-order valence-corrected chi connectivity index (χ4v) is 2.25. The Bertz CT molecular complexity index is 587. The largest absolute Gasteiger partial charge is 0.396 e. The van der Waals surface area contributed by atoms with Gasteiger partial charge in [0.1, 0.15) is 0 Å². The van der Waals surface area contributed by atoms with Crippen LogP contribution < -0.4 is 10.6 Å². The Kier molecular flexibility index (Phi) is 6.25. The molecule has 0 heterocycles. The first kappa shape index (κ1) is 16.3. The van der Waals surface area contributed by atoms with E-state index in [1.807, 2.05) is 42.5 Å². The van der Waals surface area contributed by atoms with E-state index in [1.165, 1.54) is 0 Å². The highest BCUT2D eigenvalue weighted by Crippen LogP contribution is 2.23. The number of hydrogen-bond donors (Lipinski definition) is 3. The second-order valence-electron chi connectivity index (χ2n) is 4.87. The summed E-state index contributed by atoms with van der Waals surface area (Å²) in [7, 11) is 0. The minimum absolute atomic E-state index is 0.0551. The molecule has 0 saturated heterocycles. The van der Waals surface area contributed by atoms with Crippen molar-refractivity contribution in [2.24, 2.45) is 0 Å². The van der Waals surface area contributed by atoms with E-state index in [9.17, 15) is 4.79 Å². The molecule has 2 rings (SSSR count). The monoisotopic (exact) mass is 318 g/mol. The molecule has 116 valence electrons. The SMILES string of the molecule is O=C(NCCCO)NC(c1ccccc1)c1ccc(Cl)cc1. The number of aliphatic hydroxyl groups is 1. The number of carbonyl (C=O) groups excluding carboxylic acids is 1. The number of aliphatic hydroxyl groups excluding tert-OH is 1.